The number of benzene rings is 3. The van der Waals surface area contributed by atoms with Gasteiger partial charge < -0.3 is 19.1 Å². The molecule has 6 rings (SSSR count). The third-order valence-corrected chi connectivity index (χ3v) is 7.12. The highest BCUT2D eigenvalue weighted by Gasteiger charge is 2.26. The van der Waals surface area contributed by atoms with Gasteiger partial charge in [-0.15, -0.1) is 0 Å². The van der Waals surface area contributed by atoms with Crippen molar-refractivity contribution < 1.29 is 9.53 Å². The molecule has 0 atom stereocenters. The van der Waals surface area contributed by atoms with Crippen LogP contribution in [0.3, 0.4) is 0 Å². The topological polar surface area (TPSA) is 63.5 Å². The zero-order valence-electron chi connectivity index (χ0n) is 22.0. The summed E-state index contributed by atoms with van der Waals surface area (Å²) in [5.74, 6) is 1.74. The maximum Gasteiger partial charge on any atom is 0.253 e. The molecule has 0 bridgehead atoms. The van der Waals surface area contributed by atoms with Crippen molar-refractivity contribution in [1.82, 2.24) is 19.4 Å². The molecule has 1 fully saturated rings. The largest absolute Gasteiger partial charge is 0.494 e. The van der Waals surface area contributed by atoms with Crippen LogP contribution in [0.5, 0.6) is 5.75 Å². The molecule has 2 aromatic heterocycles. The maximum absolute atomic E-state index is 13.2. The smallest absolute Gasteiger partial charge is 0.253 e. The van der Waals surface area contributed by atoms with Crippen LogP contribution in [-0.4, -0.2) is 58.1 Å². The van der Waals surface area contributed by atoms with E-state index in [1.807, 2.05) is 53.4 Å². The molecule has 0 aliphatic carbocycles. The van der Waals surface area contributed by atoms with E-state index in [0.717, 1.165) is 45.8 Å². The van der Waals surface area contributed by atoms with Crippen LogP contribution in [0.4, 0.5) is 5.82 Å². The van der Waals surface area contributed by atoms with E-state index in [9.17, 15) is 4.79 Å². The van der Waals surface area contributed by atoms with Gasteiger partial charge in [0, 0.05) is 49.2 Å². The first kappa shape index (κ1) is 24.7. The lowest BCUT2D eigenvalue weighted by Crippen LogP contribution is -2.49. The first-order chi connectivity index (χ1) is 19.2. The molecule has 0 spiro atoms. The molecule has 0 unspecified atom stereocenters. The zero-order chi connectivity index (χ0) is 26.6. The number of hydrogen-bond acceptors (Lipinski definition) is 5. The Morgan fingerprint density at radius 2 is 1.54 bits per heavy atom. The molecule has 39 heavy (non-hydrogen) atoms. The van der Waals surface area contributed by atoms with Crippen LogP contribution in [0.2, 0.25) is 0 Å². The van der Waals surface area contributed by atoms with Gasteiger partial charge in [-0.3, -0.25) is 4.79 Å². The second kappa shape index (κ2) is 11.0. The van der Waals surface area contributed by atoms with Gasteiger partial charge in [0.05, 0.1) is 12.0 Å². The Morgan fingerprint density at radius 1 is 0.846 bits per heavy atom. The second-order valence-corrected chi connectivity index (χ2v) is 9.66. The predicted molar refractivity (Wildman–Crippen MR) is 155 cm³/mol. The van der Waals surface area contributed by atoms with Crippen LogP contribution in [0.1, 0.15) is 23.7 Å². The first-order valence-electron chi connectivity index (χ1n) is 13.5. The van der Waals surface area contributed by atoms with Crippen molar-refractivity contribution in [2.24, 2.45) is 0 Å². The average Bonchev–Trinajstić information content (AvgIpc) is 3.41. The summed E-state index contributed by atoms with van der Waals surface area (Å²) in [6.07, 6.45) is 4.75. The molecule has 7 nitrogen and oxygen atoms in total. The lowest BCUT2D eigenvalue weighted by atomic mass is 10.1. The Bertz CT molecular complexity index is 1560. The van der Waals surface area contributed by atoms with Gasteiger partial charge in [0.25, 0.3) is 5.91 Å². The fraction of sp³-hybridized carbons (Fsp3) is 0.219. The number of hydrogen-bond donors (Lipinski definition) is 0. The summed E-state index contributed by atoms with van der Waals surface area (Å²) < 4.78 is 7.80. The second-order valence-electron chi connectivity index (χ2n) is 9.66. The van der Waals surface area contributed by atoms with Gasteiger partial charge in [0.1, 0.15) is 17.9 Å². The summed E-state index contributed by atoms with van der Waals surface area (Å²) >= 11 is 0. The minimum Gasteiger partial charge on any atom is -0.494 e. The molecule has 1 aliphatic rings. The van der Waals surface area contributed by atoms with Gasteiger partial charge in [-0.1, -0.05) is 55.5 Å². The van der Waals surface area contributed by atoms with Crippen molar-refractivity contribution >= 4 is 22.8 Å². The molecule has 3 heterocycles. The number of carbonyl (C=O) groups excluding carboxylic acids is 1. The van der Waals surface area contributed by atoms with Crippen molar-refractivity contribution in [3.05, 3.63) is 103 Å². The van der Waals surface area contributed by atoms with Gasteiger partial charge in [0.15, 0.2) is 5.65 Å². The lowest BCUT2D eigenvalue weighted by Gasteiger charge is -2.35. The normalized spacial score (nSPS) is 13.6. The van der Waals surface area contributed by atoms with E-state index in [1.165, 1.54) is 0 Å². The SMILES string of the molecule is CCCOc1ccc(C(=O)N2CCN(c3ncnc4c3c(-c3ccccc3)cn4-c3ccccc3)CC2)cc1. The summed E-state index contributed by atoms with van der Waals surface area (Å²) in [5.41, 5.74) is 4.81. The van der Waals surface area contributed by atoms with Gasteiger partial charge in [-0.05, 0) is 48.4 Å². The number of ether oxygens (including phenoxy) is 1. The van der Waals surface area contributed by atoms with Crippen molar-refractivity contribution in [3.8, 4) is 22.6 Å². The van der Waals surface area contributed by atoms with E-state index in [1.54, 1.807) is 6.33 Å². The number of anilines is 1. The van der Waals surface area contributed by atoms with Crippen molar-refractivity contribution in [3.63, 3.8) is 0 Å². The number of carbonyl (C=O) groups is 1. The lowest BCUT2D eigenvalue weighted by molar-refractivity contribution is 0.0746. The molecular formula is C32H31N5O2. The minimum atomic E-state index is 0.0460. The number of nitrogens with zero attached hydrogens (tertiary/aromatic N) is 5. The molecule has 0 radical (unpaired) electrons. The monoisotopic (exact) mass is 517 g/mol. The molecule has 1 aliphatic heterocycles. The third-order valence-electron chi connectivity index (χ3n) is 7.12. The molecule has 1 saturated heterocycles. The Balaban J connectivity index is 1.28. The first-order valence-corrected chi connectivity index (χ1v) is 13.5. The van der Waals surface area contributed by atoms with Crippen LogP contribution in [-0.2, 0) is 0 Å². The van der Waals surface area contributed by atoms with Crippen LogP contribution >= 0.6 is 0 Å². The Hall–Kier alpha value is -4.65. The van der Waals surface area contributed by atoms with Gasteiger partial charge >= 0.3 is 0 Å². The number of para-hydroxylation sites is 1. The number of piperazine rings is 1. The Labute approximate surface area is 228 Å². The molecule has 0 saturated carbocycles. The number of aromatic nitrogens is 3. The molecule has 1 amide bonds. The van der Waals surface area contributed by atoms with E-state index in [2.05, 4.69) is 59.0 Å². The Kier molecular flexibility index (Phi) is 6.95. The summed E-state index contributed by atoms with van der Waals surface area (Å²) in [6.45, 7) is 5.38. The zero-order valence-corrected chi connectivity index (χ0v) is 22.0. The van der Waals surface area contributed by atoms with E-state index < -0.39 is 0 Å². The fourth-order valence-corrected chi connectivity index (χ4v) is 5.13. The summed E-state index contributed by atoms with van der Waals surface area (Å²) in [6, 6.07) is 28.1. The number of fused-ring (bicyclic) bond motifs is 1. The van der Waals surface area contributed by atoms with Gasteiger partial charge in [-0.2, -0.15) is 0 Å². The molecular weight excluding hydrogens is 486 g/mol. The maximum atomic E-state index is 13.2. The average molecular weight is 518 g/mol. The highest BCUT2D eigenvalue weighted by Crippen LogP contribution is 2.37. The highest BCUT2D eigenvalue weighted by molar-refractivity contribution is 6.02. The Morgan fingerprint density at radius 3 is 2.23 bits per heavy atom. The standard InChI is InChI=1S/C32H31N5O2/c1-2-21-39-27-15-13-25(14-16-27)32(38)36-19-17-35(18-20-36)30-29-28(24-9-5-3-6-10-24)22-37(31(29)34-23-33-30)26-11-7-4-8-12-26/h3-16,22-23H,2,17-21H2,1H3. The predicted octanol–water partition coefficient (Wildman–Crippen LogP) is 5.84. The van der Waals surface area contributed by atoms with Crippen molar-refractivity contribution in [1.29, 1.82) is 0 Å². The summed E-state index contributed by atoms with van der Waals surface area (Å²) in [4.78, 5) is 26.9. The van der Waals surface area contributed by atoms with Crippen LogP contribution < -0.4 is 9.64 Å². The van der Waals surface area contributed by atoms with Crippen molar-refractivity contribution in [2.45, 2.75) is 13.3 Å². The van der Waals surface area contributed by atoms with Crippen LogP contribution in [0.15, 0.2) is 97.5 Å². The summed E-state index contributed by atoms with van der Waals surface area (Å²) in [7, 11) is 0. The highest BCUT2D eigenvalue weighted by atomic mass is 16.5. The number of rotatable bonds is 7. The minimum absolute atomic E-state index is 0.0460. The van der Waals surface area contributed by atoms with E-state index in [0.29, 0.717) is 38.3 Å². The van der Waals surface area contributed by atoms with Crippen LogP contribution in [0.25, 0.3) is 27.8 Å². The molecule has 0 N–H and O–H groups in total. The molecule has 5 aromatic rings. The quantitative estimate of drug-likeness (QED) is 0.271. The van der Waals surface area contributed by atoms with Gasteiger partial charge in [0.2, 0.25) is 0 Å². The summed E-state index contributed by atoms with van der Waals surface area (Å²) in [5, 5.41) is 1.02. The van der Waals surface area contributed by atoms with Crippen LogP contribution in [0, 0.1) is 0 Å². The number of amides is 1. The van der Waals surface area contributed by atoms with E-state index in [-0.39, 0.29) is 5.91 Å². The third kappa shape index (κ3) is 4.95. The fourth-order valence-electron chi connectivity index (χ4n) is 5.13. The molecule has 7 heteroatoms. The van der Waals surface area contributed by atoms with E-state index in [4.69, 9.17) is 14.7 Å². The van der Waals surface area contributed by atoms with E-state index >= 15 is 0 Å². The molecule has 3 aromatic carbocycles. The van der Waals surface area contributed by atoms with Crippen molar-refractivity contribution in [2.75, 3.05) is 37.7 Å². The van der Waals surface area contributed by atoms with Gasteiger partial charge in [-0.25, -0.2) is 9.97 Å². The molecule has 196 valence electrons.